The number of hydrogen-bond donors (Lipinski definition) is 0. The van der Waals surface area contributed by atoms with Crippen LogP contribution in [-0.4, -0.2) is 5.71 Å². The number of rotatable bonds is 3. The fraction of sp³-hybridized carbons (Fsp3) is 0.0588. The van der Waals surface area contributed by atoms with Crippen molar-refractivity contribution in [1.29, 1.82) is 0 Å². The van der Waals surface area contributed by atoms with Crippen LogP contribution in [0.5, 0.6) is 5.75 Å². The monoisotopic (exact) mass is 279 g/mol. The minimum Gasteiger partial charge on any atom is -0.422 e. The average molecular weight is 279 g/mol. The number of benzene rings is 2. The quantitative estimate of drug-likeness (QED) is 0.418. The van der Waals surface area contributed by atoms with Crippen molar-refractivity contribution in [1.82, 2.24) is 0 Å². The van der Waals surface area contributed by atoms with E-state index in [1.165, 1.54) is 6.07 Å². The van der Waals surface area contributed by atoms with Gasteiger partial charge in [-0.3, -0.25) is 0 Å². The van der Waals surface area contributed by atoms with Gasteiger partial charge in [-0.25, -0.2) is 4.79 Å². The molecule has 0 radical (unpaired) electrons. The van der Waals surface area contributed by atoms with E-state index in [2.05, 4.69) is 5.16 Å². The Hall–Kier alpha value is -2.88. The summed E-state index contributed by atoms with van der Waals surface area (Å²) in [4.78, 5) is 17.0. The standard InChI is InChI=1S/C17H13NO3/c1-12(13-7-3-2-4-8-13)18-21-16-11-17(19)20-15-10-6-5-9-14(15)16/h2-11H,1H3. The van der Waals surface area contributed by atoms with E-state index in [4.69, 9.17) is 9.25 Å². The molecule has 0 bridgehead atoms. The summed E-state index contributed by atoms with van der Waals surface area (Å²) in [6.45, 7) is 1.85. The van der Waals surface area contributed by atoms with E-state index in [9.17, 15) is 4.79 Å². The molecule has 4 heteroatoms. The maximum Gasteiger partial charge on any atom is 0.340 e. The summed E-state index contributed by atoms with van der Waals surface area (Å²) in [5.41, 5.74) is 1.71. The lowest BCUT2D eigenvalue weighted by molar-refractivity contribution is 0.342. The van der Waals surface area contributed by atoms with Crippen molar-refractivity contribution in [3.63, 3.8) is 0 Å². The fourth-order valence-electron chi connectivity index (χ4n) is 2.01. The second-order valence-electron chi connectivity index (χ2n) is 4.56. The zero-order chi connectivity index (χ0) is 14.7. The van der Waals surface area contributed by atoms with Crippen LogP contribution in [0.2, 0.25) is 0 Å². The predicted molar refractivity (Wildman–Crippen MR) is 81.8 cm³/mol. The summed E-state index contributed by atoms with van der Waals surface area (Å²) in [5.74, 6) is 0.386. The molecule has 3 rings (SSSR count). The lowest BCUT2D eigenvalue weighted by atomic mass is 10.1. The zero-order valence-corrected chi connectivity index (χ0v) is 11.4. The van der Waals surface area contributed by atoms with Gasteiger partial charge in [0.25, 0.3) is 0 Å². The molecule has 0 aliphatic heterocycles. The van der Waals surface area contributed by atoms with E-state index >= 15 is 0 Å². The molecule has 2 aromatic carbocycles. The molecule has 0 saturated carbocycles. The second kappa shape index (κ2) is 5.63. The Morgan fingerprint density at radius 3 is 2.57 bits per heavy atom. The second-order valence-corrected chi connectivity index (χ2v) is 4.56. The van der Waals surface area contributed by atoms with E-state index in [-0.39, 0.29) is 0 Å². The molecule has 0 unspecified atom stereocenters. The lowest BCUT2D eigenvalue weighted by Crippen LogP contribution is -2.01. The first-order chi connectivity index (χ1) is 10.2. The van der Waals surface area contributed by atoms with Gasteiger partial charge >= 0.3 is 5.63 Å². The van der Waals surface area contributed by atoms with Crippen molar-refractivity contribution in [2.24, 2.45) is 5.16 Å². The molecule has 3 aromatic rings. The molecule has 4 nitrogen and oxygen atoms in total. The van der Waals surface area contributed by atoms with Crippen molar-refractivity contribution >= 4 is 16.7 Å². The van der Waals surface area contributed by atoms with Crippen LogP contribution in [0.15, 0.2) is 75.0 Å². The largest absolute Gasteiger partial charge is 0.422 e. The minimum absolute atomic E-state index is 0.386. The van der Waals surface area contributed by atoms with Crippen LogP contribution in [0.3, 0.4) is 0 Å². The summed E-state index contributed by atoms with van der Waals surface area (Å²) >= 11 is 0. The van der Waals surface area contributed by atoms with Crippen molar-refractivity contribution in [2.75, 3.05) is 0 Å². The van der Waals surface area contributed by atoms with Crippen molar-refractivity contribution in [2.45, 2.75) is 6.92 Å². The molecule has 0 aliphatic rings. The van der Waals surface area contributed by atoms with Gasteiger partial charge in [-0.05, 0) is 24.6 Å². The Bertz CT molecular complexity index is 851. The molecule has 0 saturated heterocycles. The normalized spacial score (nSPS) is 11.6. The SMILES string of the molecule is CC(=NOc1cc(=O)oc2ccccc12)c1ccccc1. The summed E-state index contributed by atoms with van der Waals surface area (Å²) in [5, 5.41) is 4.80. The molecule has 0 fully saturated rings. The average Bonchev–Trinajstić information content (AvgIpc) is 2.53. The number of para-hydroxylation sites is 1. The Labute approximate surface area is 121 Å². The first-order valence-electron chi connectivity index (χ1n) is 6.54. The van der Waals surface area contributed by atoms with Gasteiger partial charge in [-0.15, -0.1) is 0 Å². The molecule has 0 aliphatic carbocycles. The van der Waals surface area contributed by atoms with E-state index in [1.54, 1.807) is 12.1 Å². The van der Waals surface area contributed by atoms with Crippen LogP contribution in [-0.2, 0) is 0 Å². The first-order valence-corrected chi connectivity index (χ1v) is 6.54. The highest BCUT2D eigenvalue weighted by Crippen LogP contribution is 2.23. The van der Waals surface area contributed by atoms with Gasteiger partial charge in [0.15, 0.2) is 5.75 Å². The maximum atomic E-state index is 11.5. The Morgan fingerprint density at radius 2 is 1.76 bits per heavy atom. The Balaban J connectivity index is 1.97. The first kappa shape index (κ1) is 13.1. The van der Waals surface area contributed by atoms with Gasteiger partial charge in [-0.1, -0.05) is 47.6 Å². The van der Waals surface area contributed by atoms with Crippen LogP contribution in [0.1, 0.15) is 12.5 Å². The van der Waals surface area contributed by atoms with Crippen LogP contribution >= 0.6 is 0 Å². The Kier molecular flexibility index (Phi) is 3.51. The van der Waals surface area contributed by atoms with Gasteiger partial charge in [-0.2, -0.15) is 0 Å². The van der Waals surface area contributed by atoms with E-state index in [1.807, 2.05) is 49.4 Å². The van der Waals surface area contributed by atoms with E-state index in [0.29, 0.717) is 16.7 Å². The number of oxime groups is 1. The molecule has 1 aromatic heterocycles. The summed E-state index contributed by atoms with van der Waals surface area (Å²) in [7, 11) is 0. The smallest absolute Gasteiger partial charge is 0.340 e. The van der Waals surface area contributed by atoms with Crippen molar-refractivity contribution in [3.8, 4) is 5.75 Å². The minimum atomic E-state index is -0.462. The highest BCUT2D eigenvalue weighted by molar-refractivity contribution is 5.98. The zero-order valence-electron chi connectivity index (χ0n) is 11.4. The van der Waals surface area contributed by atoms with Gasteiger partial charge in [0.2, 0.25) is 0 Å². The third-order valence-corrected chi connectivity index (χ3v) is 3.08. The molecular formula is C17H13NO3. The van der Waals surface area contributed by atoms with Crippen molar-refractivity contribution < 1.29 is 9.25 Å². The summed E-state index contributed by atoms with van der Waals surface area (Å²) in [6.07, 6.45) is 0. The van der Waals surface area contributed by atoms with Gasteiger partial charge in [0, 0.05) is 0 Å². The summed E-state index contributed by atoms with van der Waals surface area (Å²) < 4.78 is 5.11. The van der Waals surface area contributed by atoms with Gasteiger partial charge in [0.1, 0.15) is 5.58 Å². The lowest BCUT2D eigenvalue weighted by Gasteiger charge is -2.04. The maximum absolute atomic E-state index is 11.5. The Morgan fingerprint density at radius 1 is 1.05 bits per heavy atom. The molecule has 0 N–H and O–H groups in total. The van der Waals surface area contributed by atoms with Crippen LogP contribution in [0.4, 0.5) is 0 Å². The third kappa shape index (κ3) is 2.84. The molecule has 0 spiro atoms. The molecule has 1 heterocycles. The fourth-order valence-corrected chi connectivity index (χ4v) is 2.01. The van der Waals surface area contributed by atoms with Gasteiger partial charge in [0.05, 0.1) is 17.2 Å². The third-order valence-electron chi connectivity index (χ3n) is 3.08. The van der Waals surface area contributed by atoms with Crippen LogP contribution in [0, 0.1) is 0 Å². The number of hydrogen-bond acceptors (Lipinski definition) is 4. The van der Waals surface area contributed by atoms with E-state index < -0.39 is 5.63 Å². The molecule has 21 heavy (non-hydrogen) atoms. The molecular weight excluding hydrogens is 266 g/mol. The number of nitrogens with zero attached hydrogens (tertiary/aromatic N) is 1. The van der Waals surface area contributed by atoms with Crippen molar-refractivity contribution in [3.05, 3.63) is 76.6 Å². The predicted octanol–water partition coefficient (Wildman–Crippen LogP) is 3.60. The van der Waals surface area contributed by atoms with Crippen LogP contribution < -0.4 is 10.5 Å². The molecule has 104 valence electrons. The summed E-state index contributed by atoms with van der Waals surface area (Å²) in [6, 6.07) is 18.2. The van der Waals surface area contributed by atoms with Crippen LogP contribution in [0.25, 0.3) is 11.0 Å². The topological polar surface area (TPSA) is 51.8 Å². The van der Waals surface area contributed by atoms with E-state index in [0.717, 1.165) is 11.3 Å². The molecule has 0 atom stereocenters. The highest BCUT2D eigenvalue weighted by atomic mass is 16.6. The molecule has 0 amide bonds. The highest BCUT2D eigenvalue weighted by Gasteiger charge is 2.06. The number of fused-ring (bicyclic) bond motifs is 1. The van der Waals surface area contributed by atoms with Gasteiger partial charge < -0.3 is 9.25 Å².